The summed E-state index contributed by atoms with van der Waals surface area (Å²) in [6.45, 7) is 2.80. The number of pyridine rings is 1. The molecule has 1 saturated heterocycles. The van der Waals surface area contributed by atoms with Crippen LogP contribution in [0.2, 0.25) is 0 Å². The van der Waals surface area contributed by atoms with Gasteiger partial charge in [0.1, 0.15) is 0 Å². The number of fused-ring (bicyclic) bond motifs is 1. The van der Waals surface area contributed by atoms with Crippen molar-refractivity contribution >= 4 is 16.8 Å². The van der Waals surface area contributed by atoms with Crippen molar-refractivity contribution in [2.75, 3.05) is 6.54 Å². The monoisotopic (exact) mass is 269 g/mol. The van der Waals surface area contributed by atoms with Crippen LogP contribution in [-0.2, 0) is 0 Å². The number of amides is 1. The number of aromatic nitrogens is 1. The van der Waals surface area contributed by atoms with E-state index >= 15 is 0 Å². The van der Waals surface area contributed by atoms with E-state index < -0.39 is 0 Å². The largest absolute Gasteiger partial charge is 0.336 e. The van der Waals surface area contributed by atoms with Crippen LogP contribution in [0.4, 0.5) is 0 Å². The minimum atomic E-state index is 0.0861. The lowest BCUT2D eigenvalue weighted by Crippen LogP contribution is -2.48. The van der Waals surface area contributed by atoms with E-state index in [-0.39, 0.29) is 18.0 Å². The van der Waals surface area contributed by atoms with Gasteiger partial charge >= 0.3 is 0 Å². The van der Waals surface area contributed by atoms with Gasteiger partial charge in [-0.15, -0.1) is 0 Å². The Hall–Kier alpha value is -1.94. The predicted molar refractivity (Wildman–Crippen MR) is 79.5 cm³/mol. The summed E-state index contributed by atoms with van der Waals surface area (Å²) in [6.07, 6.45) is 3.49. The van der Waals surface area contributed by atoms with E-state index in [1.54, 1.807) is 6.20 Å². The molecule has 1 aliphatic rings. The maximum atomic E-state index is 12.8. The Balaban J connectivity index is 1.97. The number of carbonyl (C=O) groups is 1. The van der Waals surface area contributed by atoms with Gasteiger partial charge in [0, 0.05) is 35.8 Å². The number of carbonyl (C=O) groups excluding carboxylic acids is 1. The predicted octanol–water partition coefficient (Wildman–Crippen LogP) is 2.19. The number of hydrogen-bond acceptors (Lipinski definition) is 3. The Morgan fingerprint density at radius 3 is 3.00 bits per heavy atom. The van der Waals surface area contributed by atoms with Crippen LogP contribution >= 0.6 is 0 Å². The molecule has 1 amide bonds. The van der Waals surface area contributed by atoms with Crippen molar-refractivity contribution in [2.24, 2.45) is 5.73 Å². The fourth-order valence-corrected chi connectivity index (χ4v) is 2.95. The Bertz CT molecular complexity index is 635. The van der Waals surface area contributed by atoms with E-state index in [9.17, 15) is 4.79 Å². The van der Waals surface area contributed by atoms with Crippen molar-refractivity contribution in [3.8, 4) is 0 Å². The van der Waals surface area contributed by atoms with Gasteiger partial charge in [0.25, 0.3) is 5.91 Å². The second kappa shape index (κ2) is 5.21. The lowest BCUT2D eigenvalue weighted by Gasteiger charge is -2.36. The number of likely N-dealkylation sites (tertiary alicyclic amines) is 1. The van der Waals surface area contributed by atoms with Crippen LogP contribution < -0.4 is 5.73 Å². The zero-order chi connectivity index (χ0) is 14.1. The lowest BCUT2D eigenvalue weighted by molar-refractivity contribution is 0.0621. The first-order valence-corrected chi connectivity index (χ1v) is 7.07. The third-order valence-corrected chi connectivity index (χ3v) is 4.05. The van der Waals surface area contributed by atoms with Crippen molar-refractivity contribution in [3.05, 3.63) is 42.1 Å². The highest BCUT2D eigenvalue weighted by Crippen LogP contribution is 2.23. The fraction of sp³-hybridized carbons (Fsp3) is 0.375. The highest BCUT2D eigenvalue weighted by Gasteiger charge is 2.28. The quantitative estimate of drug-likeness (QED) is 0.863. The van der Waals surface area contributed by atoms with Gasteiger partial charge in [0.05, 0.1) is 5.52 Å². The third-order valence-electron chi connectivity index (χ3n) is 4.05. The average molecular weight is 269 g/mol. The normalized spacial score (nSPS) is 23.0. The van der Waals surface area contributed by atoms with E-state index in [2.05, 4.69) is 11.9 Å². The van der Waals surface area contributed by atoms with Crippen LogP contribution in [0.1, 0.15) is 30.1 Å². The molecule has 3 rings (SSSR count). The van der Waals surface area contributed by atoms with Crippen molar-refractivity contribution < 1.29 is 4.79 Å². The van der Waals surface area contributed by atoms with Crippen molar-refractivity contribution in [2.45, 2.75) is 31.8 Å². The number of hydrogen-bond donors (Lipinski definition) is 1. The standard InChI is InChI=1S/C16H19N3O/c1-11-10-12(17)7-9-19(11)16(20)14-4-2-6-15-13(14)5-3-8-18-15/h2-6,8,11-12H,7,9-10,17H2,1H3. The molecule has 2 aromatic rings. The number of benzene rings is 1. The molecular weight excluding hydrogens is 250 g/mol. The van der Waals surface area contributed by atoms with Gasteiger partial charge in [-0.3, -0.25) is 9.78 Å². The molecule has 0 saturated carbocycles. The highest BCUT2D eigenvalue weighted by atomic mass is 16.2. The third kappa shape index (κ3) is 2.27. The van der Waals surface area contributed by atoms with Crippen LogP contribution in [0.5, 0.6) is 0 Å². The van der Waals surface area contributed by atoms with Crippen LogP contribution in [0, 0.1) is 0 Å². The molecule has 2 N–H and O–H groups in total. The molecule has 1 aromatic heterocycles. The Morgan fingerprint density at radius 2 is 2.20 bits per heavy atom. The fourth-order valence-electron chi connectivity index (χ4n) is 2.95. The first-order chi connectivity index (χ1) is 9.66. The van der Waals surface area contributed by atoms with E-state index in [0.717, 1.165) is 35.9 Å². The van der Waals surface area contributed by atoms with Gasteiger partial charge in [-0.25, -0.2) is 0 Å². The first-order valence-electron chi connectivity index (χ1n) is 7.07. The number of nitrogens with zero attached hydrogens (tertiary/aromatic N) is 2. The number of nitrogens with two attached hydrogens (primary N) is 1. The summed E-state index contributed by atoms with van der Waals surface area (Å²) in [5, 5.41) is 0.919. The Morgan fingerprint density at radius 1 is 1.35 bits per heavy atom. The molecule has 2 unspecified atom stereocenters. The number of piperidine rings is 1. The van der Waals surface area contributed by atoms with E-state index in [0.29, 0.717) is 0 Å². The summed E-state index contributed by atoms with van der Waals surface area (Å²) in [5.41, 5.74) is 7.56. The first kappa shape index (κ1) is 13.1. The average Bonchev–Trinajstić information content (AvgIpc) is 2.46. The summed E-state index contributed by atoms with van der Waals surface area (Å²) >= 11 is 0. The van der Waals surface area contributed by atoms with Gasteiger partial charge < -0.3 is 10.6 Å². The molecule has 1 fully saturated rings. The molecule has 104 valence electrons. The van der Waals surface area contributed by atoms with Gasteiger partial charge in [-0.2, -0.15) is 0 Å². The molecule has 0 aliphatic carbocycles. The summed E-state index contributed by atoms with van der Waals surface area (Å²) in [6, 6.07) is 9.93. The molecule has 4 nitrogen and oxygen atoms in total. The topological polar surface area (TPSA) is 59.2 Å². The Kier molecular flexibility index (Phi) is 3.40. The SMILES string of the molecule is CC1CC(N)CCN1C(=O)c1cccc2ncccc12. The highest BCUT2D eigenvalue weighted by molar-refractivity contribution is 6.06. The summed E-state index contributed by atoms with van der Waals surface area (Å²) in [5.74, 6) is 0.0861. The maximum absolute atomic E-state index is 12.8. The molecule has 2 heterocycles. The minimum absolute atomic E-state index is 0.0861. The summed E-state index contributed by atoms with van der Waals surface area (Å²) < 4.78 is 0. The second-order valence-corrected chi connectivity index (χ2v) is 5.51. The zero-order valence-electron chi connectivity index (χ0n) is 11.6. The van der Waals surface area contributed by atoms with Crippen molar-refractivity contribution in [1.82, 2.24) is 9.88 Å². The summed E-state index contributed by atoms with van der Waals surface area (Å²) in [4.78, 5) is 19.0. The molecule has 1 aromatic carbocycles. The molecule has 20 heavy (non-hydrogen) atoms. The maximum Gasteiger partial charge on any atom is 0.254 e. The van der Waals surface area contributed by atoms with Gasteiger partial charge in [0.2, 0.25) is 0 Å². The van der Waals surface area contributed by atoms with Crippen LogP contribution in [0.15, 0.2) is 36.5 Å². The molecule has 2 atom stereocenters. The molecule has 0 bridgehead atoms. The van der Waals surface area contributed by atoms with E-state index in [4.69, 9.17) is 5.73 Å². The van der Waals surface area contributed by atoms with Gasteiger partial charge in [0.15, 0.2) is 0 Å². The van der Waals surface area contributed by atoms with Crippen LogP contribution in [0.25, 0.3) is 10.9 Å². The van der Waals surface area contributed by atoms with E-state index in [1.165, 1.54) is 0 Å². The lowest BCUT2D eigenvalue weighted by atomic mass is 9.97. The molecule has 0 spiro atoms. The molecular formula is C16H19N3O. The smallest absolute Gasteiger partial charge is 0.254 e. The van der Waals surface area contributed by atoms with Crippen molar-refractivity contribution in [1.29, 1.82) is 0 Å². The minimum Gasteiger partial charge on any atom is -0.336 e. The number of rotatable bonds is 1. The van der Waals surface area contributed by atoms with Crippen LogP contribution in [-0.4, -0.2) is 34.4 Å². The summed E-state index contributed by atoms with van der Waals surface area (Å²) in [7, 11) is 0. The zero-order valence-corrected chi connectivity index (χ0v) is 11.6. The molecule has 1 aliphatic heterocycles. The second-order valence-electron chi connectivity index (χ2n) is 5.51. The van der Waals surface area contributed by atoms with Gasteiger partial charge in [-0.05, 0) is 38.0 Å². The Labute approximate surface area is 118 Å². The molecule has 0 radical (unpaired) electrons. The van der Waals surface area contributed by atoms with E-state index in [1.807, 2.05) is 35.2 Å². The molecule has 4 heteroatoms. The van der Waals surface area contributed by atoms with Crippen molar-refractivity contribution in [3.63, 3.8) is 0 Å². The van der Waals surface area contributed by atoms with Crippen LogP contribution in [0.3, 0.4) is 0 Å². The van der Waals surface area contributed by atoms with Gasteiger partial charge in [-0.1, -0.05) is 12.1 Å².